The Bertz CT molecular complexity index is 363. The van der Waals surface area contributed by atoms with Crippen LogP contribution in [-0.2, 0) is 4.79 Å². The molecule has 0 aliphatic carbocycles. The first-order valence-corrected chi connectivity index (χ1v) is 5.30. The van der Waals surface area contributed by atoms with Crippen molar-refractivity contribution in [1.29, 1.82) is 0 Å². The normalized spacial score (nSPS) is 9.87. The van der Waals surface area contributed by atoms with Crippen LogP contribution in [0.15, 0.2) is 16.6 Å². The van der Waals surface area contributed by atoms with Crippen LogP contribution >= 0.6 is 27.5 Å². The van der Waals surface area contributed by atoms with E-state index in [9.17, 15) is 9.18 Å². The minimum Gasteiger partial charge on any atom is -0.374 e. The first kappa shape index (κ1) is 12.3. The van der Waals surface area contributed by atoms with E-state index in [0.29, 0.717) is 10.2 Å². The van der Waals surface area contributed by atoms with Gasteiger partial charge in [-0.3, -0.25) is 4.79 Å². The van der Waals surface area contributed by atoms with Gasteiger partial charge in [0.15, 0.2) is 0 Å². The number of benzene rings is 1. The number of hydrogen-bond acceptors (Lipinski definition) is 2. The summed E-state index contributed by atoms with van der Waals surface area (Å²) in [6.07, 6.45) is 0. The Kier molecular flexibility index (Phi) is 4.35. The molecule has 1 aromatic rings. The van der Waals surface area contributed by atoms with Gasteiger partial charge in [-0.05, 0) is 28.1 Å². The highest BCUT2D eigenvalue weighted by Gasteiger charge is 2.08. The standard InChI is InChI=1S/C9H9BrClFN2O/c1-13-8(15)4-14-9-6(10)2-5(12)3-7(9)11/h2-3,14H,4H2,1H3,(H,13,15). The van der Waals surface area contributed by atoms with E-state index in [1.54, 1.807) is 0 Å². The number of carbonyl (C=O) groups excluding carboxylic acids is 1. The fraction of sp³-hybridized carbons (Fsp3) is 0.222. The van der Waals surface area contributed by atoms with Crippen LogP contribution in [0.2, 0.25) is 5.02 Å². The lowest BCUT2D eigenvalue weighted by molar-refractivity contribution is -0.118. The number of carbonyl (C=O) groups is 1. The second-order valence-electron chi connectivity index (χ2n) is 2.77. The maximum atomic E-state index is 12.9. The zero-order valence-electron chi connectivity index (χ0n) is 7.90. The average Bonchev–Trinajstić information content (AvgIpc) is 2.15. The van der Waals surface area contributed by atoms with Gasteiger partial charge in [0.1, 0.15) is 5.82 Å². The number of hydrogen-bond donors (Lipinski definition) is 2. The molecule has 0 saturated carbocycles. The number of amides is 1. The summed E-state index contributed by atoms with van der Waals surface area (Å²) in [5.74, 6) is -0.611. The van der Waals surface area contributed by atoms with Crippen LogP contribution in [0.1, 0.15) is 0 Å². The Hall–Kier alpha value is -0.810. The lowest BCUT2D eigenvalue weighted by atomic mass is 10.3. The van der Waals surface area contributed by atoms with E-state index in [0.717, 1.165) is 0 Å². The van der Waals surface area contributed by atoms with Crippen LogP contribution < -0.4 is 10.6 Å². The molecule has 0 spiro atoms. The van der Waals surface area contributed by atoms with Crippen molar-refractivity contribution in [1.82, 2.24) is 5.32 Å². The summed E-state index contributed by atoms with van der Waals surface area (Å²) >= 11 is 8.95. The molecule has 0 saturated heterocycles. The first-order chi connectivity index (χ1) is 7.04. The van der Waals surface area contributed by atoms with Crippen LogP contribution in [0.5, 0.6) is 0 Å². The van der Waals surface area contributed by atoms with Crippen LogP contribution in [0.3, 0.4) is 0 Å². The van der Waals surface area contributed by atoms with Gasteiger partial charge in [-0.2, -0.15) is 0 Å². The van der Waals surface area contributed by atoms with Crippen molar-refractivity contribution in [2.24, 2.45) is 0 Å². The van der Waals surface area contributed by atoms with Gasteiger partial charge in [-0.15, -0.1) is 0 Å². The van der Waals surface area contributed by atoms with Gasteiger partial charge in [0, 0.05) is 11.5 Å². The summed E-state index contributed by atoms with van der Waals surface area (Å²) in [5, 5.41) is 5.48. The van der Waals surface area contributed by atoms with E-state index in [4.69, 9.17) is 11.6 Å². The molecule has 0 heterocycles. The highest BCUT2D eigenvalue weighted by atomic mass is 79.9. The van der Waals surface area contributed by atoms with E-state index < -0.39 is 5.82 Å². The summed E-state index contributed by atoms with van der Waals surface area (Å²) in [7, 11) is 1.53. The molecule has 0 fully saturated rings. The highest BCUT2D eigenvalue weighted by molar-refractivity contribution is 9.10. The monoisotopic (exact) mass is 294 g/mol. The van der Waals surface area contributed by atoms with E-state index in [2.05, 4.69) is 26.6 Å². The number of anilines is 1. The maximum Gasteiger partial charge on any atom is 0.239 e. The molecule has 82 valence electrons. The van der Waals surface area contributed by atoms with Gasteiger partial charge in [-0.25, -0.2) is 4.39 Å². The number of rotatable bonds is 3. The second kappa shape index (κ2) is 5.32. The fourth-order valence-electron chi connectivity index (χ4n) is 0.968. The fourth-order valence-corrected chi connectivity index (χ4v) is 1.93. The number of halogens is 3. The smallest absolute Gasteiger partial charge is 0.239 e. The minimum atomic E-state index is -0.433. The topological polar surface area (TPSA) is 41.1 Å². The van der Waals surface area contributed by atoms with Crippen molar-refractivity contribution in [2.45, 2.75) is 0 Å². The quantitative estimate of drug-likeness (QED) is 0.899. The third-order valence-electron chi connectivity index (χ3n) is 1.71. The van der Waals surface area contributed by atoms with E-state index >= 15 is 0 Å². The largest absolute Gasteiger partial charge is 0.374 e. The van der Waals surface area contributed by atoms with Gasteiger partial charge in [-0.1, -0.05) is 11.6 Å². The van der Waals surface area contributed by atoms with Crippen LogP contribution in [-0.4, -0.2) is 19.5 Å². The van der Waals surface area contributed by atoms with Crippen LogP contribution in [0.25, 0.3) is 0 Å². The van der Waals surface area contributed by atoms with Gasteiger partial charge >= 0.3 is 0 Å². The highest BCUT2D eigenvalue weighted by Crippen LogP contribution is 2.31. The van der Waals surface area contributed by atoms with Crippen molar-refractivity contribution in [3.05, 3.63) is 27.4 Å². The molecule has 1 aromatic carbocycles. The Labute approximate surface area is 100 Å². The Morgan fingerprint density at radius 2 is 2.27 bits per heavy atom. The van der Waals surface area contributed by atoms with Crippen LogP contribution in [0, 0.1) is 5.82 Å². The molecule has 1 rings (SSSR count). The molecule has 2 N–H and O–H groups in total. The third-order valence-corrected chi connectivity index (χ3v) is 2.63. The molecule has 0 radical (unpaired) electrons. The SMILES string of the molecule is CNC(=O)CNc1c(Cl)cc(F)cc1Br. The van der Waals surface area contributed by atoms with Crippen molar-refractivity contribution in [3.63, 3.8) is 0 Å². The zero-order valence-corrected chi connectivity index (χ0v) is 10.2. The lowest BCUT2D eigenvalue weighted by Gasteiger charge is -2.09. The van der Waals surface area contributed by atoms with Gasteiger partial charge < -0.3 is 10.6 Å². The lowest BCUT2D eigenvalue weighted by Crippen LogP contribution is -2.26. The van der Waals surface area contributed by atoms with Gasteiger partial charge in [0.25, 0.3) is 0 Å². The molecule has 15 heavy (non-hydrogen) atoms. The molecule has 0 bridgehead atoms. The Balaban J connectivity index is 2.81. The zero-order chi connectivity index (χ0) is 11.4. The second-order valence-corrected chi connectivity index (χ2v) is 4.03. The molecule has 0 atom stereocenters. The molecule has 3 nitrogen and oxygen atoms in total. The first-order valence-electron chi connectivity index (χ1n) is 4.13. The van der Waals surface area contributed by atoms with Crippen molar-refractivity contribution < 1.29 is 9.18 Å². The molecule has 0 aromatic heterocycles. The number of nitrogens with one attached hydrogen (secondary N) is 2. The molecule has 0 aliphatic rings. The van der Waals surface area contributed by atoms with Crippen molar-refractivity contribution in [2.75, 3.05) is 18.9 Å². The number of likely N-dealkylation sites (N-methyl/N-ethyl adjacent to an activating group) is 1. The molecular formula is C9H9BrClFN2O. The van der Waals surface area contributed by atoms with E-state index in [-0.39, 0.29) is 17.5 Å². The third kappa shape index (κ3) is 3.35. The summed E-state index contributed by atoms with van der Waals surface area (Å²) < 4.78 is 13.3. The average molecular weight is 296 g/mol. The minimum absolute atomic E-state index is 0.0838. The summed E-state index contributed by atoms with van der Waals surface area (Å²) in [5.41, 5.74) is 0.502. The maximum absolute atomic E-state index is 12.9. The molecule has 0 aliphatic heterocycles. The van der Waals surface area contributed by atoms with Gasteiger partial charge in [0.05, 0.1) is 17.3 Å². The van der Waals surface area contributed by atoms with E-state index in [1.807, 2.05) is 0 Å². The van der Waals surface area contributed by atoms with Crippen molar-refractivity contribution in [3.8, 4) is 0 Å². The molecule has 1 amide bonds. The summed E-state index contributed by atoms with van der Waals surface area (Å²) in [6, 6.07) is 2.45. The molecular weight excluding hydrogens is 286 g/mol. The van der Waals surface area contributed by atoms with Gasteiger partial charge in [0.2, 0.25) is 5.91 Å². The molecule has 0 unspecified atom stereocenters. The summed E-state index contributed by atoms with van der Waals surface area (Å²) in [6.45, 7) is 0.0838. The summed E-state index contributed by atoms with van der Waals surface area (Å²) in [4.78, 5) is 11.0. The Morgan fingerprint density at radius 3 is 2.80 bits per heavy atom. The van der Waals surface area contributed by atoms with Crippen LogP contribution in [0.4, 0.5) is 10.1 Å². The van der Waals surface area contributed by atoms with Crippen molar-refractivity contribution >= 4 is 39.1 Å². The predicted molar refractivity (Wildman–Crippen MR) is 61.7 cm³/mol. The molecule has 6 heteroatoms. The Morgan fingerprint density at radius 1 is 1.60 bits per heavy atom. The van der Waals surface area contributed by atoms with E-state index in [1.165, 1.54) is 19.2 Å². The predicted octanol–water partition coefficient (Wildman–Crippen LogP) is 2.40.